The van der Waals surface area contributed by atoms with Crippen LogP contribution in [0, 0.1) is 0 Å². The van der Waals surface area contributed by atoms with Gasteiger partial charge in [-0.05, 0) is 35.9 Å². The lowest BCUT2D eigenvalue weighted by Gasteiger charge is -2.19. The van der Waals surface area contributed by atoms with Crippen LogP contribution in [-0.2, 0) is 0 Å². The molecule has 2 unspecified atom stereocenters. The minimum Gasteiger partial charge on any atom is -0.485 e. The van der Waals surface area contributed by atoms with Crippen molar-refractivity contribution in [3.05, 3.63) is 53.9 Å². The summed E-state index contributed by atoms with van der Waals surface area (Å²) in [7, 11) is 1.67. The van der Waals surface area contributed by atoms with E-state index in [1.54, 1.807) is 24.6 Å². The smallest absolute Gasteiger partial charge is 0.150 e. The van der Waals surface area contributed by atoms with E-state index in [9.17, 15) is 4.39 Å². The summed E-state index contributed by atoms with van der Waals surface area (Å²) < 4.78 is 21.6. The number of hydrogen-bond donors (Lipinski definition) is 3. The van der Waals surface area contributed by atoms with Gasteiger partial charge in [0.25, 0.3) is 0 Å². The molecule has 0 saturated carbocycles. The molecule has 2 atom stereocenters. The van der Waals surface area contributed by atoms with Crippen molar-refractivity contribution in [2.24, 2.45) is 10.7 Å². The second kappa shape index (κ2) is 9.08. The van der Waals surface area contributed by atoms with Gasteiger partial charge in [-0.1, -0.05) is 0 Å². The highest BCUT2D eigenvalue weighted by molar-refractivity contribution is 7.16. The number of benzene rings is 2. The van der Waals surface area contributed by atoms with E-state index in [1.165, 1.54) is 12.5 Å². The minimum absolute atomic E-state index is 0.259. The first-order valence-corrected chi connectivity index (χ1v) is 11.3. The lowest BCUT2D eigenvalue weighted by molar-refractivity contribution is 0.142. The Balaban J connectivity index is 1.63. The zero-order valence-electron chi connectivity index (χ0n) is 17.8. The van der Waals surface area contributed by atoms with E-state index in [0.717, 1.165) is 21.5 Å². The molecule has 1 saturated heterocycles. The van der Waals surface area contributed by atoms with Gasteiger partial charge in [-0.3, -0.25) is 4.99 Å². The Morgan fingerprint density at radius 1 is 1.24 bits per heavy atom. The Hall–Kier alpha value is -3.63. The number of anilines is 2. The highest BCUT2D eigenvalue weighted by atomic mass is 32.1. The third-order valence-corrected chi connectivity index (χ3v) is 6.24. The van der Waals surface area contributed by atoms with Crippen molar-refractivity contribution >= 4 is 55.7 Å². The molecule has 0 amide bonds. The quantitative estimate of drug-likeness (QED) is 0.374. The van der Waals surface area contributed by atoms with Gasteiger partial charge < -0.3 is 21.1 Å². The molecule has 4 aromatic rings. The van der Waals surface area contributed by atoms with E-state index < -0.39 is 12.3 Å². The summed E-state index contributed by atoms with van der Waals surface area (Å²) in [6, 6.07) is 9.63. The monoisotopic (exact) mass is 463 g/mol. The molecule has 1 fully saturated rings. The third kappa shape index (κ3) is 4.22. The number of nitrogens with two attached hydrogens (primary N) is 1. The van der Waals surface area contributed by atoms with Gasteiger partial charge in [-0.2, -0.15) is 0 Å². The van der Waals surface area contributed by atoms with Crippen molar-refractivity contribution in [1.29, 1.82) is 0 Å². The summed E-state index contributed by atoms with van der Waals surface area (Å²) in [6.45, 7) is 0.677. The summed E-state index contributed by atoms with van der Waals surface area (Å²) in [4.78, 5) is 17.3. The Morgan fingerprint density at radius 2 is 2.15 bits per heavy atom. The highest BCUT2D eigenvalue weighted by Crippen LogP contribution is 2.36. The lowest BCUT2D eigenvalue weighted by atomic mass is 10.0. The average molecular weight is 464 g/mol. The molecule has 3 heterocycles. The average Bonchev–Trinajstić information content (AvgIpc) is 3.45. The van der Waals surface area contributed by atoms with Crippen LogP contribution in [0.25, 0.3) is 26.7 Å². The molecular formula is C23H22FN7OS. The standard InChI is InChI=1S/C23H22FN7OS/c1-26-8-14(7-25)13-4-18-22(19(5-13)32-20-10-27-9-16(20)24)23(29-11-28-18)31-15-2-3-17-21(6-15)33-12-30-17/h2-8,11-12,16,20,27H,9-10,25H2,1H3,(H,28,29,31)/b14-7+,26-8?. The number of aliphatic imine (C=N–C) groups is 1. The second-order valence-corrected chi connectivity index (χ2v) is 8.48. The summed E-state index contributed by atoms with van der Waals surface area (Å²) in [6.07, 6.45) is 2.89. The number of rotatable bonds is 6. The molecular weight excluding hydrogens is 441 g/mol. The summed E-state index contributed by atoms with van der Waals surface area (Å²) in [5.74, 6) is 1.04. The maximum Gasteiger partial charge on any atom is 0.150 e. The maximum atomic E-state index is 14.4. The number of ether oxygens (including phenoxy) is 1. The second-order valence-electron chi connectivity index (χ2n) is 7.59. The van der Waals surface area contributed by atoms with Gasteiger partial charge in [-0.25, -0.2) is 19.3 Å². The van der Waals surface area contributed by atoms with Crippen molar-refractivity contribution in [2.45, 2.75) is 12.3 Å². The first-order valence-electron chi connectivity index (χ1n) is 10.4. The van der Waals surface area contributed by atoms with Crippen LogP contribution in [0.2, 0.25) is 0 Å². The van der Waals surface area contributed by atoms with Crippen LogP contribution >= 0.6 is 11.3 Å². The van der Waals surface area contributed by atoms with E-state index in [-0.39, 0.29) is 6.54 Å². The molecule has 2 aromatic heterocycles. The zero-order chi connectivity index (χ0) is 22.8. The molecule has 0 spiro atoms. The highest BCUT2D eigenvalue weighted by Gasteiger charge is 2.29. The van der Waals surface area contributed by atoms with Crippen LogP contribution in [0.4, 0.5) is 15.9 Å². The Kier molecular flexibility index (Phi) is 5.84. The van der Waals surface area contributed by atoms with Crippen LogP contribution < -0.4 is 21.1 Å². The maximum absolute atomic E-state index is 14.4. The number of hydrogen-bond acceptors (Lipinski definition) is 9. The Bertz CT molecular complexity index is 1370. The fourth-order valence-corrected chi connectivity index (χ4v) is 4.55. The van der Waals surface area contributed by atoms with Crippen molar-refractivity contribution in [2.75, 3.05) is 25.5 Å². The van der Waals surface area contributed by atoms with Gasteiger partial charge in [0.1, 0.15) is 24.0 Å². The molecule has 5 rings (SSSR count). The van der Waals surface area contributed by atoms with Crippen LogP contribution in [0.15, 0.2) is 53.4 Å². The number of halogens is 1. The molecule has 2 aromatic carbocycles. The van der Waals surface area contributed by atoms with Gasteiger partial charge >= 0.3 is 0 Å². The first kappa shape index (κ1) is 21.2. The van der Waals surface area contributed by atoms with Crippen molar-refractivity contribution in [1.82, 2.24) is 20.3 Å². The number of nitrogens with one attached hydrogen (secondary N) is 2. The SMILES string of the molecule is CN=C/C(=C\N)c1cc(OC2CNCC2F)c2c(Nc3ccc4ncsc4c3)ncnc2c1. The molecule has 0 bridgehead atoms. The van der Waals surface area contributed by atoms with Crippen molar-refractivity contribution in [3.8, 4) is 5.75 Å². The van der Waals surface area contributed by atoms with E-state index >= 15 is 0 Å². The molecule has 4 N–H and O–H groups in total. The number of aromatic nitrogens is 3. The fourth-order valence-electron chi connectivity index (χ4n) is 3.83. The van der Waals surface area contributed by atoms with Crippen LogP contribution in [0.5, 0.6) is 5.75 Å². The normalized spacial score (nSPS) is 19.0. The van der Waals surface area contributed by atoms with Crippen LogP contribution in [-0.4, -0.2) is 53.6 Å². The molecule has 0 aliphatic carbocycles. The number of thiazole rings is 1. The van der Waals surface area contributed by atoms with Gasteiger partial charge in [0.05, 0.1) is 26.6 Å². The number of allylic oxidation sites excluding steroid dienone is 1. The summed E-state index contributed by atoms with van der Waals surface area (Å²) in [5.41, 5.74) is 11.5. The van der Waals surface area contributed by atoms with Crippen LogP contribution in [0.3, 0.4) is 0 Å². The van der Waals surface area contributed by atoms with Gasteiger partial charge in [0.15, 0.2) is 6.17 Å². The van der Waals surface area contributed by atoms with Crippen molar-refractivity contribution in [3.63, 3.8) is 0 Å². The predicted octanol–water partition coefficient (Wildman–Crippen LogP) is 3.67. The molecule has 10 heteroatoms. The van der Waals surface area contributed by atoms with E-state index in [0.29, 0.717) is 34.6 Å². The van der Waals surface area contributed by atoms with Gasteiger partial charge in [0, 0.05) is 43.8 Å². The molecule has 33 heavy (non-hydrogen) atoms. The molecule has 0 radical (unpaired) electrons. The number of fused-ring (bicyclic) bond motifs is 2. The van der Waals surface area contributed by atoms with E-state index in [4.69, 9.17) is 10.5 Å². The fraction of sp³-hybridized carbons (Fsp3) is 0.217. The van der Waals surface area contributed by atoms with Crippen molar-refractivity contribution < 1.29 is 9.13 Å². The Morgan fingerprint density at radius 3 is 2.94 bits per heavy atom. The minimum atomic E-state index is -1.11. The van der Waals surface area contributed by atoms with Gasteiger partial charge in [0.2, 0.25) is 0 Å². The molecule has 1 aliphatic heterocycles. The number of nitrogens with zero attached hydrogens (tertiary/aromatic N) is 4. The largest absolute Gasteiger partial charge is 0.485 e. The predicted molar refractivity (Wildman–Crippen MR) is 131 cm³/mol. The third-order valence-electron chi connectivity index (χ3n) is 5.44. The van der Waals surface area contributed by atoms with Gasteiger partial charge in [-0.15, -0.1) is 11.3 Å². The first-order chi connectivity index (χ1) is 16.2. The zero-order valence-corrected chi connectivity index (χ0v) is 18.6. The number of alkyl halides is 1. The molecule has 1 aliphatic rings. The topological polar surface area (TPSA) is 110 Å². The van der Waals surface area contributed by atoms with E-state index in [1.807, 2.05) is 35.8 Å². The molecule has 168 valence electrons. The summed E-state index contributed by atoms with van der Waals surface area (Å²) >= 11 is 1.57. The van der Waals surface area contributed by atoms with Crippen LogP contribution in [0.1, 0.15) is 5.56 Å². The van der Waals surface area contributed by atoms with E-state index in [2.05, 4.69) is 30.6 Å². The Labute approximate surface area is 193 Å². The molecule has 8 nitrogen and oxygen atoms in total. The summed E-state index contributed by atoms with van der Waals surface area (Å²) in [5, 5.41) is 7.05. The lowest BCUT2D eigenvalue weighted by Crippen LogP contribution is -2.27.